The zero-order chi connectivity index (χ0) is 10.6. The molecule has 0 fully saturated rings. The maximum absolute atomic E-state index is 13.9. The first-order chi connectivity index (χ1) is 6.60. The SMILES string of the molecule is CCCc1ccc(C(C)(F)CC)cc1. The number of halogens is 1. The van der Waals surface area contributed by atoms with Gasteiger partial charge in [-0.2, -0.15) is 0 Å². The number of hydrogen-bond donors (Lipinski definition) is 0. The molecule has 78 valence electrons. The molecule has 0 spiro atoms. The molecule has 1 heteroatoms. The molecule has 1 aromatic rings. The van der Waals surface area contributed by atoms with Crippen molar-refractivity contribution in [3.8, 4) is 0 Å². The first-order valence-corrected chi connectivity index (χ1v) is 5.38. The van der Waals surface area contributed by atoms with Crippen LogP contribution in [0.3, 0.4) is 0 Å². The molecule has 0 aliphatic rings. The lowest BCUT2D eigenvalue weighted by atomic mass is 9.94. The summed E-state index contributed by atoms with van der Waals surface area (Å²) in [5.41, 5.74) is 0.910. The van der Waals surface area contributed by atoms with Crippen LogP contribution in [0.2, 0.25) is 0 Å². The third-order valence-electron chi connectivity index (χ3n) is 2.76. The minimum absolute atomic E-state index is 0.528. The minimum atomic E-state index is -1.18. The Kier molecular flexibility index (Phi) is 3.68. The average Bonchev–Trinajstić information content (AvgIpc) is 2.19. The highest BCUT2D eigenvalue weighted by Crippen LogP contribution is 2.28. The molecule has 0 saturated carbocycles. The van der Waals surface area contributed by atoms with Crippen molar-refractivity contribution in [3.63, 3.8) is 0 Å². The van der Waals surface area contributed by atoms with Crippen LogP contribution in [0.5, 0.6) is 0 Å². The van der Waals surface area contributed by atoms with Crippen molar-refractivity contribution in [2.75, 3.05) is 0 Å². The largest absolute Gasteiger partial charge is 0.239 e. The van der Waals surface area contributed by atoms with Gasteiger partial charge in [-0.15, -0.1) is 0 Å². The third kappa shape index (κ3) is 2.57. The normalized spacial score (nSPS) is 15.1. The Balaban J connectivity index is 2.82. The van der Waals surface area contributed by atoms with Crippen LogP contribution in [-0.2, 0) is 12.1 Å². The van der Waals surface area contributed by atoms with Crippen molar-refractivity contribution in [1.82, 2.24) is 0 Å². The van der Waals surface area contributed by atoms with Crippen LogP contribution in [0.25, 0.3) is 0 Å². The summed E-state index contributed by atoms with van der Waals surface area (Å²) in [6.45, 7) is 5.67. The molecular weight excluding hydrogens is 175 g/mol. The van der Waals surface area contributed by atoms with Crippen LogP contribution < -0.4 is 0 Å². The molecule has 0 amide bonds. The van der Waals surface area contributed by atoms with E-state index in [0.717, 1.165) is 18.4 Å². The van der Waals surface area contributed by atoms with Crippen molar-refractivity contribution in [2.24, 2.45) is 0 Å². The van der Waals surface area contributed by atoms with Gasteiger partial charge < -0.3 is 0 Å². The van der Waals surface area contributed by atoms with E-state index in [2.05, 4.69) is 6.92 Å². The van der Waals surface area contributed by atoms with E-state index in [9.17, 15) is 4.39 Å². The second-order valence-corrected chi connectivity index (χ2v) is 4.00. The van der Waals surface area contributed by atoms with E-state index < -0.39 is 5.67 Å². The summed E-state index contributed by atoms with van der Waals surface area (Å²) in [6.07, 6.45) is 2.75. The van der Waals surface area contributed by atoms with Crippen LogP contribution >= 0.6 is 0 Å². The maximum Gasteiger partial charge on any atom is 0.133 e. The standard InChI is InChI=1S/C13H19F/c1-4-6-11-7-9-12(10-8-11)13(3,14)5-2/h7-10H,4-6H2,1-3H3. The second kappa shape index (κ2) is 4.59. The average molecular weight is 194 g/mol. The summed E-state index contributed by atoms with van der Waals surface area (Å²) in [4.78, 5) is 0. The Morgan fingerprint density at radius 1 is 1.14 bits per heavy atom. The van der Waals surface area contributed by atoms with E-state index in [0.29, 0.717) is 6.42 Å². The van der Waals surface area contributed by atoms with Gasteiger partial charge in [0.05, 0.1) is 0 Å². The van der Waals surface area contributed by atoms with Gasteiger partial charge in [-0.3, -0.25) is 0 Å². The first-order valence-electron chi connectivity index (χ1n) is 5.38. The Hall–Kier alpha value is -0.850. The summed E-state index contributed by atoms with van der Waals surface area (Å²) in [7, 11) is 0. The summed E-state index contributed by atoms with van der Waals surface area (Å²) < 4.78 is 13.9. The lowest BCUT2D eigenvalue weighted by Gasteiger charge is -2.18. The quantitative estimate of drug-likeness (QED) is 0.672. The molecule has 0 aliphatic carbocycles. The highest BCUT2D eigenvalue weighted by Gasteiger charge is 2.22. The first kappa shape index (κ1) is 11.2. The summed E-state index contributed by atoms with van der Waals surface area (Å²) in [5.74, 6) is 0. The van der Waals surface area contributed by atoms with Gasteiger partial charge in [-0.1, -0.05) is 44.5 Å². The number of benzene rings is 1. The maximum atomic E-state index is 13.9. The van der Waals surface area contributed by atoms with Gasteiger partial charge in [0.2, 0.25) is 0 Å². The molecule has 0 nitrogen and oxygen atoms in total. The molecule has 0 N–H and O–H groups in total. The fourth-order valence-corrected chi connectivity index (χ4v) is 1.51. The van der Waals surface area contributed by atoms with Crippen LogP contribution in [0.15, 0.2) is 24.3 Å². The third-order valence-corrected chi connectivity index (χ3v) is 2.76. The minimum Gasteiger partial charge on any atom is -0.239 e. The summed E-state index contributed by atoms with van der Waals surface area (Å²) in [6, 6.07) is 7.89. The van der Waals surface area contributed by atoms with E-state index in [4.69, 9.17) is 0 Å². The molecule has 1 aromatic carbocycles. The fraction of sp³-hybridized carbons (Fsp3) is 0.538. The van der Waals surface area contributed by atoms with Gasteiger partial charge in [-0.05, 0) is 30.9 Å². The number of aryl methyl sites for hydroxylation is 1. The topological polar surface area (TPSA) is 0 Å². The molecule has 0 bridgehead atoms. The molecule has 0 heterocycles. The Morgan fingerprint density at radius 3 is 2.14 bits per heavy atom. The Labute approximate surface area is 86.2 Å². The molecule has 1 unspecified atom stereocenters. The highest BCUT2D eigenvalue weighted by atomic mass is 19.1. The van der Waals surface area contributed by atoms with Gasteiger partial charge in [0.1, 0.15) is 5.67 Å². The van der Waals surface area contributed by atoms with Crippen molar-refractivity contribution in [2.45, 2.75) is 45.7 Å². The smallest absolute Gasteiger partial charge is 0.133 e. The second-order valence-electron chi connectivity index (χ2n) is 4.00. The van der Waals surface area contributed by atoms with Gasteiger partial charge in [0.15, 0.2) is 0 Å². The van der Waals surface area contributed by atoms with Crippen molar-refractivity contribution in [1.29, 1.82) is 0 Å². The van der Waals surface area contributed by atoms with Crippen LogP contribution in [-0.4, -0.2) is 0 Å². The Bertz CT molecular complexity index is 272. The predicted octanol–water partition coefficient (Wildman–Crippen LogP) is 4.23. The number of alkyl halides is 1. The van der Waals surface area contributed by atoms with Crippen molar-refractivity contribution >= 4 is 0 Å². The highest BCUT2D eigenvalue weighted by molar-refractivity contribution is 5.26. The molecule has 0 saturated heterocycles. The van der Waals surface area contributed by atoms with Gasteiger partial charge in [0.25, 0.3) is 0 Å². The molecule has 0 aromatic heterocycles. The van der Waals surface area contributed by atoms with Crippen LogP contribution in [0.4, 0.5) is 4.39 Å². The molecular formula is C13H19F. The number of hydrogen-bond acceptors (Lipinski definition) is 0. The van der Waals surface area contributed by atoms with Gasteiger partial charge in [-0.25, -0.2) is 4.39 Å². The van der Waals surface area contributed by atoms with Gasteiger partial charge in [0, 0.05) is 0 Å². The summed E-state index contributed by atoms with van der Waals surface area (Å²) in [5, 5.41) is 0. The van der Waals surface area contributed by atoms with Gasteiger partial charge >= 0.3 is 0 Å². The molecule has 0 radical (unpaired) electrons. The monoisotopic (exact) mass is 194 g/mol. The fourth-order valence-electron chi connectivity index (χ4n) is 1.51. The molecule has 0 aliphatic heterocycles. The van der Waals surface area contributed by atoms with E-state index in [1.807, 2.05) is 31.2 Å². The number of rotatable bonds is 4. The lowest BCUT2D eigenvalue weighted by molar-refractivity contribution is 0.185. The van der Waals surface area contributed by atoms with Crippen molar-refractivity contribution in [3.05, 3.63) is 35.4 Å². The van der Waals surface area contributed by atoms with E-state index in [1.54, 1.807) is 6.92 Å². The molecule has 1 rings (SSSR count). The Morgan fingerprint density at radius 2 is 1.71 bits per heavy atom. The predicted molar refractivity (Wildman–Crippen MR) is 59.2 cm³/mol. The van der Waals surface area contributed by atoms with E-state index >= 15 is 0 Å². The van der Waals surface area contributed by atoms with E-state index in [1.165, 1.54) is 5.56 Å². The van der Waals surface area contributed by atoms with Crippen LogP contribution in [0.1, 0.15) is 44.7 Å². The lowest BCUT2D eigenvalue weighted by Crippen LogP contribution is -2.13. The molecule has 14 heavy (non-hydrogen) atoms. The van der Waals surface area contributed by atoms with Crippen LogP contribution in [0, 0.1) is 0 Å². The molecule has 1 atom stereocenters. The zero-order valence-corrected chi connectivity index (χ0v) is 9.31. The van der Waals surface area contributed by atoms with Crippen molar-refractivity contribution < 1.29 is 4.39 Å². The van der Waals surface area contributed by atoms with E-state index in [-0.39, 0.29) is 0 Å². The summed E-state index contributed by atoms with van der Waals surface area (Å²) >= 11 is 0. The zero-order valence-electron chi connectivity index (χ0n) is 9.31.